The number of hydrogen-bond donors (Lipinski definition) is 2. The summed E-state index contributed by atoms with van der Waals surface area (Å²) in [6.07, 6.45) is 6.03. The maximum absolute atomic E-state index is 12.5. The quantitative estimate of drug-likeness (QED) is 0.585. The number of aromatic nitrogens is 3. The van der Waals surface area contributed by atoms with Gasteiger partial charge in [-0.2, -0.15) is 0 Å². The van der Waals surface area contributed by atoms with Crippen molar-refractivity contribution in [2.45, 2.75) is 19.4 Å². The highest BCUT2D eigenvalue weighted by Crippen LogP contribution is 2.26. The number of anilines is 1. The van der Waals surface area contributed by atoms with E-state index >= 15 is 0 Å². The van der Waals surface area contributed by atoms with E-state index in [1.165, 1.54) is 0 Å². The Labute approximate surface area is 150 Å². The Morgan fingerprint density at radius 3 is 2.88 bits per heavy atom. The van der Waals surface area contributed by atoms with Crippen LogP contribution >= 0.6 is 0 Å². The number of carbonyl (C=O) groups excluding carboxylic acids is 1. The molecule has 3 heterocycles. The van der Waals surface area contributed by atoms with Gasteiger partial charge in [0.1, 0.15) is 5.82 Å². The van der Waals surface area contributed by atoms with E-state index in [9.17, 15) is 4.79 Å². The predicted octanol–water partition coefficient (Wildman–Crippen LogP) is 4.23. The molecule has 0 fully saturated rings. The van der Waals surface area contributed by atoms with Gasteiger partial charge >= 0.3 is 0 Å². The first kappa shape index (κ1) is 15.0. The van der Waals surface area contributed by atoms with E-state index in [0.29, 0.717) is 5.56 Å². The van der Waals surface area contributed by atoms with Crippen LogP contribution < -0.4 is 5.32 Å². The van der Waals surface area contributed by atoms with Gasteiger partial charge in [0.2, 0.25) is 0 Å². The van der Waals surface area contributed by atoms with E-state index < -0.39 is 0 Å². The van der Waals surface area contributed by atoms with Gasteiger partial charge in [-0.05, 0) is 47.7 Å². The summed E-state index contributed by atoms with van der Waals surface area (Å²) in [4.78, 5) is 20.1. The van der Waals surface area contributed by atoms with E-state index in [2.05, 4.69) is 19.9 Å². The van der Waals surface area contributed by atoms with Crippen LogP contribution in [0.25, 0.3) is 22.2 Å². The number of benzene rings is 2. The minimum Gasteiger partial charge on any atom is -0.361 e. The van der Waals surface area contributed by atoms with Crippen molar-refractivity contribution in [1.82, 2.24) is 14.5 Å². The number of H-pyrrole nitrogens is 1. The highest BCUT2D eigenvalue weighted by Gasteiger charge is 2.16. The van der Waals surface area contributed by atoms with E-state index in [0.717, 1.165) is 53.1 Å². The first-order valence-electron chi connectivity index (χ1n) is 8.81. The van der Waals surface area contributed by atoms with Crippen LogP contribution in [0.2, 0.25) is 0 Å². The number of nitrogens with one attached hydrogen (secondary N) is 2. The van der Waals surface area contributed by atoms with Gasteiger partial charge in [0.05, 0.1) is 11.9 Å². The van der Waals surface area contributed by atoms with Crippen molar-refractivity contribution in [3.63, 3.8) is 0 Å². The molecule has 1 amide bonds. The Balaban J connectivity index is 1.36. The third-order valence-electron chi connectivity index (χ3n) is 4.98. The second-order valence-electron chi connectivity index (χ2n) is 6.63. The molecule has 0 bridgehead atoms. The van der Waals surface area contributed by atoms with Crippen LogP contribution in [-0.2, 0) is 13.0 Å². The second-order valence-corrected chi connectivity index (χ2v) is 6.63. The van der Waals surface area contributed by atoms with Crippen molar-refractivity contribution in [3.8, 4) is 11.3 Å². The smallest absolute Gasteiger partial charge is 0.255 e. The number of nitrogens with zero attached hydrogens (tertiary/aromatic N) is 2. The van der Waals surface area contributed by atoms with E-state index in [1.807, 2.05) is 60.9 Å². The minimum absolute atomic E-state index is 0.112. The molecule has 2 N–H and O–H groups in total. The molecule has 1 aliphatic rings. The first-order chi connectivity index (χ1) is 12.8. The molecule has 2 aromatic carbocycles. The molecule has 1 aliphatic heterocycles. The van der Waals surface area contributed by atoms with Gasteiger partial charge in [0.15, 0.2) is 0 Å². The molecule has 26 heavy (non-hydrogen) atoms. The predicted molar refractivity (Wildman–Crippen MR) is 102 cm³/mol. The number of fused-ring (bicyclic) bond motifs is 2. The summed E-state index contributed by atoms with van der Waals surface area (Å²) in [5.41, 5.74) is 4.65. The van der Waals surface area contributed by atoms with Gasteiger partial charge in [-0.3, -0.25) is 4.79 Å². The number of hydrogen-bond acceptors (Lipinski definition) is 2. The standard InChI is InChI=1S/C21H18N4O/c26-21(16-4-3-14-9-10-22-18(14)12-16)24-17-7-5-15(6-8-17)19-13-23-20-2-1-11-25(19)20/h3-10,12-13,22H,1-2,11H2,(H,24,26). The molecule has 2 aromatic heterocycles. The van der Waals surface area contributed by atoms with Gasteiger partial charge in [-0.25, -0.2) is 4.98 Å². The van der Waals surface area contributed by atoms with Crippen LogP contribution in [0.3, 0.4) is 0 Å². The number of carbonyl (C=O) groups is 1. The summed E-state index contributed by atoms with van der Waals surface area (Å²) in [7, 11) is 0. The van der Waals surface area contributed by atoms with Crippen LogP contribution in [0.1, 0.15) is 22.6 Å². The average molecular weight is 342 g/mol. The fourth-order valence-corrected chi connectivity index (χ4v) is 3.61. The molecule has 0 atom stereocenters. The Bertz CT molecular complexity index is 1100. The summed E-state index contributed by atoms with van der Waals surface area (Å²) in [5, 5.41) is 4.06. The molecule has 5 rings (SSSR count). The lowest BCUT2D eigenvalue weighted by Crippen LogP contribution is -2.11. The van der Waals surface area contributed by atoms with Crippen molar-refractivity contribution >= 4 is 22.5 Å². The molecule has 0 radical (unpaired) electrons. The molecular formula is C21H18N4O. The molecule has 128 valence electrons. The molecule has 5 heteroatoms. The van der Waals surface area contributed by atoms with Crippen LogP contribution in [0.4, 0.5) is 5.69 Å². The van der Waals surface area contributed by atoms with Crippen LogP contribution in [-0.4, -0.2) is 20.4 Å². The third-order valence-corrected chi connectivity index (χ3v) is 4.98. The molecule has 0 spiro atoms. The van der Waals surface area contributed by atoms with E-state index in [1.54, 1.807) is 0 Å². The number of imidazole rings is 1. The van der Waals surface area contributed by atoms with Crippen molar-refractivity contribution in [1.29, 1.82) is 0 Å². The molecular weight excluding hydrogens is 324 g/mol. The van der Waals surface area contributed by atoms with Gasteiger partial charge in [-0.1, -0.05) is 18.2 Å². The van der Waals surface area contributed by atoms with Crippen LogP contribution in [0, 0.1) is 0 Å². The molecule has 5 nitrogen and oxygen atoms in total. The van der Waals surface area contributed by atoms with E-state index in [-0.39, 0.29) is 5.91 Å². The van der Waals surface area contributed by atoms with Crippen molar-refractivity contribution in [2.24, 2.45) is 0 Å². The average Bonchev–Trinajstić information content (AvgIpc) is 3.38. The van der Waals surface area contributed by atoms with Crippen LogP contribution in [0.15, 0.2) is 60.9 Å². The molecule has 0 unspecified atom stereocenters. The maximum Gasteiger partial charge on any atom is 0.255 e. The monoisotopic (exact) mass is 342 g/mol. The molecule has 0 saturated heterocycles. The summed E-state index contributed by atoms with van der Waals surface area (Å²) in [6.45, 7) is 1.03. The lowest BCUT2D eigenvalue weighted by molar-refractivity contribution is 0.102. The lowest BCUT2D eigenvalue weighted by Gasteiger charge is -2.08. The zero-order chi connectivity index (χ0) is 17.5. The highest BCUT2D eigenvalue weighted by molar-refractivity contribution is 6.06. The van der Waals surface area contributed by atoms with Crippen molar-refractivity contribution in [3.05, 3.63) is 72.3 Å². The summed E-state index contributed by atoms with van der Waals surface area (Å²) < 4.78 is 2.28. The number of aryl methyl sites for hydroxylation is 1. The summed E-state index contributed by atoms with van der Waals surface area (Å²) in [5.74, 6) is 1.05. The largest absolute Gasteiger partial charge is 0.361 e. The molecule has 0 aliphatic carbocycles. The Hall–Kier alpha value is -3.34. The Morgan fingerprint density at radius 1 is 1.12 bits per heavy atom. The minimum atomic E-state index is -0.112. The Kier molecular flexibility index (Phi) is 3.38. The fraction of sp³-hybridized carbons (Fsp3) is 0.143. The summed E-state index contributed by atoms with van der Waals surface area (Å²) in [6, 6.07) is 15.6. The molecule has 4 aromatic rings. The second kappa shape index (κ2) is 5.88. The summed E-state index contributed by atoms with van der Waals surface area (Å²) >= 11 is 0. The topological polar surface area (TPSA) is 62.7 Å². The van der Waals surface area contributed by atoms with Gasteiger partial charge in [-0.15, -0.1) is 0 Å². The van der Waals surface area contributed by atoms with Crippen molar-refractivity contribution in [2.75, 3.05) is 5.32 Å². The zero-order valence-electron chi connectivity index (χ0n) is 14.2. The van der Waals surface area contributed by atoms with E-state index in [4.69, 9.17) is 0 Å². The van der Waals surface area contributed by atoms with Gasteiger partial charge in [0, 0.05) is 35.9 Å². The molecule has 0 saturated carbocycles. The van der Waals surface area contributed by atoms with Crippen molar-refractivity contribution < 1.29 is 4.79 Å². The van der Waals surface area contributed by atoms with Gasteiger partial charge < -0.3 is 14.9 Å². The first-order valence-corrected chi connectivity index (χ1v) is 8.81. The van der Waals surface area contributed by atoms with Gasteiger partial charge in [0.25, 0.3) is 5.91 Å². The fourth-order valence-electron chi connectivity index (χ4n) is 3.61. The third kappa shape index (κ3) is 2.49. The zero-order valence-corrected chi connectivity index (χ0v) is 14.2. The SMILES string of the molecule is O=C(Nc1ccc(-c2cnc3n2CCC3)cc1)c1ccc2cc[nH]c2c1. The highest BCUT2D eigenvalue weighted by atomic mass is 16.1. The number of amides is 1. The number of rotatable bonds is 3. The van der Waals surface area contributed by atoms with Crippen LogP contribution in [0.5, 0.6) is 0 Å². The normalized spacial score (nSPS) is 13.1. The lowest BCUT2D eigenvalue weighted by atomic mass is 10.1. The number of aromatic amines is 1. The maximum atomic E-state index is 12.5. The Morgan fingerprint density at radius 2 is 2.00 bits per heavy atom.